The zero-order chi connectivity index (χ0) is 12.3. The first-order valence-electron chi connectivity index (χ1n) is 4.77. The van der Waals surface area contributed by atoms with Crippen molar-refractivity contribution in [2.45, 2.75) is 0 Å². The van der Waals surface area contributed by atoms with Crippen LogP contribution in [0.1, 0.15) is 5.69 Å². The first-order valence-corrected chi connectivity index (χ1v) is 6.64. The number of hydrogen-bond donors (Lipinski definition) is 1. The maximum absolute atomic E-state index is 8.76. The average molecular weight is 400 g/mol. The molecule has 1 heterocycles. The van der Waals surface area contributed by atoms with Crippen molar-refractivity contribution in [1.29, 1.82) is 5.26 Å². The third-order valence-corrected chi connectivity index (χ3v) is 4.41. The molecule has 0 amide bonds. The Morgan fingerprint density at radius 2 is 2.00 bits per heavy atom. The molecule has 0 saturated carbocycles. The molecule has 1 aromatic carbocycles. The number of nitriles is 1. The maximum Gasteiger partial charge on any atom is 0.142 e. The molecule has 0 spiro atoms. The summed E-state index contributed by atoms with van der Waals surface area (Å²) in [6.45, 7) is 0. The van der Waals surface area contributed by atoms with E-state index in [-0.39, 0.29) is 0 Å². The molecule has 84 valence electrons. The van der Waals surface area contributed by atoms with Crippen LogP contribution in [0.5, 0.6) is 0 Å². The van der Waals surface area contributed by atoms with Gasteiger partial charge in [0.2, 0.25) is 0 Å². The Balaban J connectivity index is 2.25. The Kier molecular flexibility index (Phi) is 3.97. The summed E-state index contributed by atoms with van der Waals surface area (Å²) in [5.74, 6) is 0. The van der Waals surface area contributed by atoms with E-state index >= 15 is 0 Å². The van der Waals surface area contributed by atoms with E-state index in [9.17, 15) is 0 Å². The highest BCUT2D eigenvalue weighted by molar-refractivity contribution is 14.1. The molecule has 0 saturated heterocycles. The van der Waals surface area contributed by atoms with Crippen molar-refractivity contribution in [2.75, 3.05) is 5.32 Å². The van der Waals surface area contributed by atoms with Gasteiger partial charge in [0.05, 0.1) is 0 Å². The van der Waals surface area contributed by atoms with Crippen LogP contribution < -0.4 is 5.32 Å². The first-order chi connectivity index (χ1) is 8.19. The summed E-state index contributed by atoms with van der Waals surface area (Å²) in [5.41, 5.74) is 2.24. The van der Waals surface area contributed by atoms with E-state index in [1.54, 1.807) is 12.3 Å². The van der Waals surface area contributed by atoms with E-state index in [4.69, 9.17) is 5.26 Å². The highest BCUT2D eigenvalue weighted by atomic mass is 127. The van der Waals surface area contributed by atoms with E-state index < -0.39 is 0 Å². The third kappa shape index (κ3) is 3.17. The van der Waals surface area contributed by atoms with E-state index in [0.29, 0.717) is 5.69 Å². The molecule has 1 aromatic heterocycles. The standard InChI is InChI=1S/C12H7BrIN3/c13-11-2-1-8(6-12(11)14)17-9-3-4-16-10(5-9)7-15/h1-6H,(H,16,17). The molecule has 5 heteroatoms. The number of hydrogen-bond acceptors (Lipinski definition) is 3. The number of rotatable bonds is 2. The van der Waals surface area contributed by atoms with Gasteiger partial charge in [-0.3, -0.25) is 0 Å². The zero-order valence-corrected chi connectivity index (χ0v) is 12.4. The van der Waals surface area contributed by atoms with Crippen molar-refractivity contribution >= 4 is 49.9 Å². The van der Waals surface area contributed by atoms with Crippen molar-refractivity contribution in [3.63, 3.8) is 0 Å². The van der Waals surface area contributed by atoms with Crippen molar-refractivity contribution in [3.05, 3.63) is 50.3 Å². The predicted molar refractivity (Wildman–Crippen MR) is 79.1 cm³/mol. The number of pyridine rings is 1. The topological polar surface area (TPSA) is 48.7 Å². The largest absolute Gasteiger partial charge is 0.355 e. The second-order valence-electron chi connectivity index (χ2n) is 3.30. The van der Waals surface area contributed by atoms with Crippen LogP contribution in [-0.4, -0.2) is 4.98 Å². The molecule has 1 N–H and O–H groups in total. The molecular formula is C12H7BrIN3. The molecule has 0 fully saturated rings. The van der Waals surface area contributed by atoms with Gasteiger partial charge < -0.3 is 5.32 Å². The summed E-state index contributed by atoms with van der Waals surface area (Å²) in [6, 6.07) is 11.5. The van der Waals surface area contributed by atoms with Gasteiger partial charge in [-0.25, -0.2) is 4.98 Å². The van der Waals surface area contributed by atoms with E-state index in [1.807, 2.05) is 30.3 Å². The second kappa shape index (κ2) is 5.47. The Morgan fingerprint density at radius 3 is 2.71 bits per heavy atom. The SMILES string of the molecule is N#Cc1cc(Nc2ccc(Br)c(I)c2)ccn1. The van der Waals surface area contributed by atoms with Crippen LogP contribution in [0.15, 0.2) is 41.0 Å². The Labute approximate surface area is 121 Å². The lowest BCUT2D eigenvalue weighted by Gasteiger charge is -2.07. The summed E-state index contributed by atoms with van der Waals surface area (Å²) in [6.07, 6.45) is 1.62. The van der Waals surface area contributed by atoms with E-state index in [0.717, 1.165) is 19.4 Å². The van der Waals surface area contributed by atoms with Crippen LogP contribution in [0, 0.1) is 14.9 Å². The van der Waals surface area contributed by atoms with Crippen LogP contribution in [0.25, 0.3) is 0 Å². The van der Waals surface area contributed by atoms with Gasteiger partial charge in [-0.15, -0.1) is 0 Å². The minimum absolute atomic E-state index is 0.404. The Hall–Kier alpha value is -1.13. The average Bonchev–Trinajstić information content (AvgIpc) is 2.34. The number of benzene rings is 1. The molecule has 0 aliphatic heterocycles. The second-order valence-corrected chi connectivity index (χ2v) is 5.31. The number of anilines is 2. The van der Waals surface area contributed by atoms with Gasteiger partial charge in [0.15, 0.2) is 0 Å². The fraction of sp³-hybridized carbons (Fsp3) is 0. The molecule has 0 aliphatic carbocycles. The fourth-order valence-corrected chi connectivity index (χ4v) is 2.07. The first kappa shape index (κ1) is 12.3. The number of nitrogens with one attached hydrogen (secondary N) is 1. The van der Waals surface area contributed by atoms with E-state index in [2.05, 4.69) is 48.8 Å². The minimum atomic E-state index is 0.404. The van der Waals surface area contributed by atoms with Gasteiger partial charge in [-0.2, -0.15) is 5.26 Å². The van der Waals surface area contributed by atoms with Crippen LogP contribution >= 0.6 is 38.5 Å². The predicted octanol–water partition coefficient (Wildman–Crippen LogP) is 4.06. The Morgan fingerprint density at radius 1 is 1.24 bits per heavy atom. The van der Waals surface area contributed by atoms with Crippen molar-refractivity contribution in [1.82, 2.24) is 4.98 Å². The van der Waals surface area contributed by atoms with Gasteiger partial charge in [0.25, 0.3) is 0 Å². The molecular weight excluding hydrogens is 393 g/mol. The minimum Gasteiger partial charge on any atom is -0.355 e. The highest BCUT2D eigenvalue weighted by Crippen LogP contribution is 2.24. The molecule has 2 aromatic rings. The zero-order valence-electron chi connectivity index (χ0n) is 8.61. The summed E-state index contributed by atoms with van der Waals surface area (Å²) in [7, 11) is 0. The monoisotopic (exact) mass is 399 g/mol. The number of halogens is 2. The van der Waals surface area contributed by atoms with Crippen LogP contribution in [0.2, 0.25) is 0 Å². The maximum atomic E-state index is 8.76. The lowest BCUT2D eigenvalue weighted by atomic mass is 10.3. The summed E-state index contributed by atoms with van der Waals surface area (Å²) in [5, 5.41) is 12.0. The molecule has 17 heavy (non-hydrogen) atoms. The lowest BCUT2D eigenvalue weighted by molar-refractivity contribution is 1.26. The van der Waals surface area contributed by atoms with Gasteiger partial charge in [0, 0.05) is 25.6 Å². The van der Waals surface area contributed by atoms with Crippen LogP contribution in [0.3, 0.4) is 0 Å². The normalized spacial score (nSPS) is 9.71. The van der Waals surface area contributed by atoms with Crippen LogP contribution in [0.4, 0.5) is 11.4 Å². The summed E-state index contributed by atoms with van der Waals surface area (Å²) < 4.78 is 2.19. The van der Waals surface area contributed by atoms with Gasteiger partial charge in [-0.05, 0) is 68.9 Å². The summed E-state index contributed by atoms with van der Waals surface area (Å²) in [4.78, 5) is 3.92. The quantitative estimate of drug-likeness (QED) is 0.774. The lowest BCUT2D eigenvalue weighted by Crippen LogP contribution is -1.92. The number of aromatic nitrogens is 1. The molecule has 0 aliphatic rings. The third-order valence-electron chi connectivity index (χ3n) is 2.08. The van der Waals surface area contributed by atoms with Gasteiger partial charge >= 0.3 is 0 Å². The summed E-state index contributed by atoms with van der Waals surface area (Å²) >= 11 is 5.70. The molecule has 0 atom stereocenters. The fourth-order valence-electron chi connectivity index (χ4n) is 1.31. The van der Waals surface area contributed by atoms with Gasteiger partial charge in [-0.1, -0.05) is 0 Å². The van der Waals surface area contributed by atoms with Crippen molar-refractivity contribution in [2.24, 2.45) is 0 Å². The smallest absolute Gasteiger partial charge is 0.142 e. The molecule has 3 nitrogen and oxygen atoms in total. The van der Waals surface area contributed by atoms with Gasteiger partial charge in [0.1, 0.15) is 11.8 Å². The van der Waals surface area contributed by atoms with Crippen LogP contribution in [-0.2, 0) is 0 Å². The van der Waals surface area contributed by atoms with Crippen molar-refractivity contribution in [3.8, 4) is 6.07 Å². The Bertz CT molecular complexity index is 593. The van der Waals surface area contributed by atoms with E-state index in [1.165, 1.54) is 0 Å². The number of nitrogens with zero attached hydrogens (tertiary/aromatic N) is 2. The van der Waals surface area contributed by atoms with Crippen molar-refractivity contribution < 1.29 is 0 Å². The molecule has 2 rings (SSSR count). The highest BCUT2D eigenvalue weighted by Gasteiger charge is 2.00. The molecule has 0 unspecified atom stereocenters. The molecule has 0 bridgehead atoms. The molecule has 0 radical (unpaired) electrons.